The molecule has 0 unspecified atom stereocenters. The van der Waals surface area contributed by atoms with Crippen LogP contribution < -0.4 is 10.5 Å². The average Bonchev–Trinajstić information content (AvgIpc) is 2.12. The zero-order chi connectivity index (χ0) is 9.42. The molecule has 1 aromatic rings. The van der Waals surface area contributed by atoms with Crippen LogP contribution in [-0.2, 0) is 0 Å². The monoisotopic (exact) mass is 281 g/mol. The molecule has 1 aliphatic rings. The Hall–Kier alpha value is -0.320. The van der Waals surface area contributed by atoms with Crippen LogP contribution in [0.2, 0.25) is 0 Å². The van der Waals surface area contributed by atoms with Gasteiger partial charge in [-0.25, -0.2) is 4.39 Å². The first-order valence-electron chi connectivity index (χ1n) is 4.06. The van der Waals surface area contributed by atoms with E-state index in [-0.39, 0.29) is 24.3 Å². The highest BCUT2D eigenvalue weighted by Crippen LogP contribution is 2.35. The van der Waals surface area contributed by atoms with Gasteiger partial charge in [-0.3, -0.25) is 0 Å². The molecule has 2 rings (SSSR count). The Kier molecular flexibility index (Phi) is 3.75. The number of halogens is 3. The van der Waals surface area contributed by atoms with Crippen LogP contribution in [-0.4, -0.2) is 6.61 Å². The van der Waals surface area contributed by atoms with Gasteiger partial charge >= 0.3 is 0 Å². The van der Waals surface area contributed by atoms with E-state index in [1.165, 1.54) is 0 Å². The molecule has 0 aromatic heterocycles. The summed E-state index contributed by atoms with van der Waals surface area (Å²) in [6.07, 6.45) is 0.744. The Balaban J connectivity index is 0.000000980. The van der Waals surface area contributed by atoms with Crippen molar-refractivity contribution in [3.63, 3.8) is 0 Å². The van der Waals surface area contributed by atoms with Crippen molar-refractivity contribution in [2.75, 3.05) is 6.61 Å². The third-order valence-electron chi connectivity index (χ3n) is 2.16. The molecule has 0 fully saturated rings. The van der Waals surface area contributed by atoms with Crippen LogP contribution in [0.4, 0.5) is 4.39 Å². The quantitative estimate of drug-likeness (QED) is 0.794. The van der Waals surface area contributed by atoms with Gasteiger partial charge in [-0.15, -0.1) is 12.4 Å². The van der Waals surface area contributed by atoms with Crippen LogP contribution in [0, 0.1) is 5.82 Å². The molecular formula is C9H10BrClFNO. The van der Waals surface area contributed by atoms with E-state index in [4.69, 9.17) is 10.5 Å². The normalized spacial score (nSPS) is 19.2. The first-order valence-corrected chi connectivity index (χ1v) is 4.85. The SMILES string of the molecule is Cl.N[C@@H]1CCOc2c1ccc(Br)c2F. The highest BCUT2D eigenvalue weighted by atomic mass is 79.9. The van der Waals surface area contributed by atoms with Gasteiger partial charge in [0.2, 0.25) is 0 Å². The van der Waals surface area contributed by atoms with Crippen molar-refractivity contribution in [3.05, 3.63) is 28.0 Å². The second kappa shape index (κ2) is 4.47. The fraction of sp³-hybridized carbons (Fsp3) is 0.333. The van der Waals surface area contributed by atoms with Crippen molar-refractivity contribution in [2.45, 2.75) is 12.5 Å². The average molecular weight is 283 g/mol. The zero-order valence-corrected chi connectivity index (χ0v) is 9.70. The third-order valence-corrected chi connectivity index (χ3v) is 2.77. The second-order valence-corrected chi connectivity index (χ2v) is 3.88. The minimum Gasteiger partial charge on any atom is -0.490 e. The minimum absolute atomic E-state index is 0. The van der Waals surface area contributed by atoms with Crippen LogP contribution in [0.1, 0.15) is 18.0 Å². The van der Waals surface area contributed by atoms with Gasteiger partial charge in [-0.2, -0.15) is 0 Å². The molecule has 0 saturated heterocycles. The summed E-state index contributed by atoms with van der Waals surface area (Å²) in [5, 5.41) is 0. The number of fused-ring (bicyclic) bond motifs is 1. The smallest absolute Gasteiger partial charge is 0.179 e. The standard InChI is InChI=1S/C9H9BrFNO.ClH/c10-6-2-1-5-7(12)3-4-13-9(5)8(6)11;/h1-2,7H,3-4,12H2;1H/t7-;/m1./s1. The van der Waals surface area contributed by atoms with E-state index in [9.17, 15) is 4.39 Å². The zero-order valence-electron chi connectivity index (χ0n) is 7.30. The maximum Gasteiger partial charge on any atom is 0.179 e. The fourth-order valence-electron chi connectivity index (χ4n) is 1.43. The van der Waals surface area contributed by atoms with Crippen LogP contribution in [0.15, 0.2) is 16.6 Å². The maximum atomic E-state index is 13.4. The molecule has 0 saturated carbocycles. The van der Waals surface area contributed by atoms with Gasteiger partial charge in [-0.05, 0) is 22.0 Å². The van der Waals surface area contributed by atoms with E-state index in [1.807, 2.05) is 0 Å². The van der Waals surface area contributed by atoms with Crippen LogP contribution >= 0.6 is 28.3 Å². The molecule has 1 atom stereocenters. The number of nitrogens with two attached hydrogens (primary N) is 1. The molecule has 2 nitrogen and oxygen atoms in total. The molecule has 0 aliphatic carbocycles. The van der Waals surface area contributed by atoms with Gasteiger partial charge in [0.15, 0.2) is 11.6 Å². The van der Waals surface area contributed by atoms with Crippen molar-refractivity contribution < 1.29 is 9.13 Å². The van der Waals surface area contributed by atoms with E-state index >= 15 is 0 Å². The van der Waals surface area contributed by atoms with Crippen molar-refractivity contribution in [2.24, 2.45) is 5.73 Å². The Morgan fingerprint density at radius 3 is 2.93 bits per heavy atom. The summed E-state index contributed by atoms with van der Waals surface area (Å²) in [6, 6.07) is 3.35. The molecule has 5 heteroatoms. The highest BCUT2D eigenvalue weighted by molar-refractivity contribution is 9.10. The molecule has 2 N–H and O–H groups in total. The van der Waals surface area contributed by atoms with E-state index in [0.717, 1.165) is 12.0 Å². The van der Waals surface area contributed by atoms with E-state index < -0.39 is 0 Å². The largest absolute Gasteiger partial charge is 0.490 e. The van der Waals surface area contributed by atoms with Gasteiger partial charge < -0.3 is 10.5 Å². The summed E-state index contributed by atoms with van der Waals surface area (Å²) in [6.45, 7) is 0.488. The molecule has 0 bridgehead atoms. The number of ether oxygens (including phenoxy) is 1. The molecule has 0 amide bonds. The Morgan fingerprint density at radius 2 is 2.21 bits per heavy atom. The van der Waals surface area contributed by atoms with Crippen molar-refractivity contribution >= 4 is 28.3 Å². The molecule has 14 heavy (non-hydrogen) atoms. The lowest BCUT2D eigenvalue weighted by molar-refractivity contribution is 0.255. The lowest BCUT2D eigenvalue weighted by Gasteiger charge is -2.23. The third kappa shape index (κ3) is 1.87. The van der Waals surface area contributed by atoms with Crippen molar-refractivity contribution in [3.8, 4) is 5.75 Å². The van der Waals surface area contributed by atoms with E-state index in [0.29, 0.717) is 16.8 Å². The first-order chi connectivity index (χ1) is 6.20. The predicted molar refractivity (Wildman–Crippen MR) is 58.4 cm³/mol. The lowest BCUT2D eigenvalue weighted by atomic mass is 10.0. The Morgan fingerprint density at radius 1 is 1.50 bits per heavy atom. The summed E-state index contributed by atoms with van der Waals surface area (Å²) in [5.74, 6) is -0.0548. The second-order valence-electron chi connectivity index (χ2n) is 3.02. The van der Waals surface area contributed by atoms with E-state index in [1.54, 1.807) is 12.1 Å². The summed E-state index contributed by atoms with van der Waals surface area (Å²) >= 11 is 3.10. The van der Waals surface area contributed by atoms with Crippen molar-refractivity contribution in [1.29, 1.82) is 0 Å². The minimum atomic E-state index is -0.354. The van der Waals surface area contributed by atoms with Gasteiger partial charge in [0, 0.05) is 18.0 Å². The maximum absolute atomic E-state index is 13.4. The number of benzene rings is 1. The summed E-state index contributed by atoms with van der Waals surface area (Å²) in [5.41, 5.74) is 6.56. The first kappa shape index (κ1) is 11.8. The Bertz CT molecular complexity index is 348. The predicted octanol–water partition coefficient (Wildman–Crippen LogP) is 2.79. The van der Waals surface area contributed by atoms with E-state index in [2.05, 4.69) is 15.9 Å². The fourth-order valence-corrected chi connectivity index (χ4v) is 1.74. The lowest BCUT2D eigenvalue weighted by Crippen LogP contribution is -2.21. The molecule has 1 heterocycles. The van der Waals surface area contributed by atoms with Gasteiger partial charge in [-0.1, -0.05) is 6.07 Å². The molecule has 0 spiro atoms. The molecule has 1 aliphatic heterocycles. The summed E-state index contributed by atoms with van der Waals surface area (Å²) < 4.78 is 19.1. The molecule has 1 aromatic carbocycles. The van der Waals surface area contributed by atoms with Crippen LogP contribution in [0.25, 0.3) is 0 Å². The van der Waals surface area contributed by atoms with Crippen molar-refractivity contribution in [1.82, 2.24) is 0 Å². The molecule has 0 radical (unpaired) electrons. The topological polar surface area (TPSA) is 35.2 Å². The van der Waals surface area contributed by atoms with Gasteiger partial charge in [0.25, 0.3) is 0 Å². The number of hydrogen-bond acceptors (Lipinski definition) is 2. The van der Waals surface area contributed by atoms with Gasteiger partial charge in [0.05, 0.1) is 11.1 Å². The molecular weight excluding hydrogens is 272 g/mol. The summed E-state index contributed by atoms with van der Waals surface area (Å²) in [4.78, 5) is 0. The van der Waals surface area contributed by atoms with Crippen LogP contribution in [0.5, 0.6) is 5.75 Å². The van der Waals surface area contributed by atoms with Gasteiger partial charge in [0.1, 0.15) is 0 Å². The van der Waals surface area contributed by atoms with Crippen LogP contribution in [0.3, 0.4) is 0 Å². The Labute approximate surface area is 96.2 Å². The summed E-state index contributed by atoms with van der Waals surface area (Å²) in [7, 11) is 0. The molecule has 78 valence electrons. The highest BCUT2D eigenvalue weighted by Gasteiger charge is 2.22. The number of rotatable bonds is 0. The number of hydrogen-bond donors (Lipinski definition) is 1.